The van der Waals surface area contributed by atoms with Crippen molar-refractivity contribution in [1.29, 1.82) is 0 Å². The van der Waals surface area contributed by atoms with Crippen LogP contribution >= 0.6 is 0 Å². The lowest BCUT2D eigenvalue weighted by atomic mass is 9.97. The van der Waals surface area contributed by atoms with E-state index in [1.54, 1.807) is 12.1 Å². The third-order valence-electron chi connectivity index (χ3n) is 5.51. The molecule has 0 aliphatic carbocycles. The topological polar surface area (TPSA) is 233 Å². The fourth-order valence-electron chi connectivity index (χ4n) is 3.84. The van der Waals surface area contributed by atoms with Gasteiger partial charge in [-0.15, -0.1) is 10.2 Å². The van der Waals surface area contributed by atoms with Crippen LogP contribution in [0.15, 0.2) is 44.9 Å². The molecular weight excluding hydrogens is 486 g/mol. The number of para-hydroxylation sites is 1. The number of anilines is 1. The highest BCUT2D eigenvalue weighted by Crippen LogP contribution is 2.41. The second kappa shape index (κ2) is 7.66. The second-order valence-corrected chi connectivity index (χ2v) is 11.3. The first kappa shape index (κ1) is 22.1. The van der Waals surface area contributed by atoms with Gasteiger partial charge >= 0.3 is 0 Å². The molecule has 14 nitrogen and oxygen atoms in total. The predicted octanol–water partition coefficient (Wildman–Crippen LogP) is -1.25. The standard InChI is InChI=1S/C18H17N9O5S2/c19-18-22-14-10(2-1-3-11(14)17(28)23-18)9-4-5-12(33(29,30)8-6-21-7-8)15(34(20,31)32)13(9)16-24-26-27-25-16/h1-5,8,21H,6-7H2,(H2,20,31,32)(H3,19,22,23,28)(H,24,25,26,27). The summed E-state index contributed by atoms with van der Waals surface area (Å²) < 4.78 is 52.2. The van der Waals surface area contributed by atoms with Crippen LogP contribution in [-0.4, -0.2) is 65.8 Å². The average Bonchev–Trinajstić information content (AvgIpc) is 3.24. The van der Waals surface area contributed by atoms with Crippen LogP contribution in [0, 0.1) is 0 Å². The molecule has 0 unspecified atom stereocenters. The number of nitrogens with zero attached hydrogens (tertiary/aromatic N) is 4. The van der Waals surface area contributed by atoms with Gasteiger partial charge in [-0.1, -0.05) is 18.2 Å². The SMILES string of the molecule is Nc1nc2c(-c3ccc(S(=O)(=O)C4CNC4)c(S(N)(=O)=O)c3-c3nn[nH]n3)cccc2c(=O)[nH]1. The van der Waals surface area contributed by atoms with Gasteiger partial charge in [0.25, 0.3) is 5.56 Å². The van der Waals surface area contributed by atoms with Gasteiger partial charge in [-0.2, -0.15) is 5.21 Å². The van der Waals surface area contributed by atoms with Gasteiger partial charge in [0, 0.05) is 18.7 Å². The molecule has 1 saturated heterocycles. The Morgan fingerprint density at radius 3 is 2.41 bits per heavy atom. The number of tetrazole rings is 1. The van der Waals surface area contributed by atoms with E-state index in [9.17, 15) is 21.6 Å². The number of aromatic amines is 2. The molecule has 1 fully saturated rings. The summed E-state index contributed by atoms with van der Waals surface area (Å²) in [5, 5.41) is 21.2. The number of benzene rings is 2. The molecule has 2 aromatic carbocycles. The Morgan fingerprint density at radius 1 is 1.03 bits per heavy atom. The highest BCUT2D eigenvalue weighted by Gasteiger charge is 2.38. The lowest BCUT2D eigenvalue weighted by Gasteiger charge is -2.28. The normalized spacial score (nSPS) is 14.9. The molecule has 34 heavy (non-hydrogen) atoms. The Morgan fingerprint density at radius 2 is 1.79 bits per heavy atom. The molecule has 4 aromatic rings. The smallest absolute Gasteiger partial charge is 0.260 e. The van der Waals surface area contributed by atoms with E-state index in [0.29, 0.717) is 0 Å². The summed E-state index contributed by atoms with van der Waals surface area (Å²) in [5.41, 5.74) is 5.64. The quantitative estimate of drug-likeness (QED) is 0.216. The van der Waals surface area contributed by atoms with Gasteiger partial charge < -0.3 is 11.1 Å². The van der Waals surface area contributed by atoms with Gasteiger partial charge in [-0.05, 0) is 22.9 Å². The number of primary sulfonamides is 1. The predicted molar refractivity (Wildman–Crippen MR) is 121 cm³/mol. The minimum absolute atomic E-state index is 0.158. The first-order valence-corrected chi connectivity index (χ1v) is 12.9. The van der Waals surface area contributed by atoms with E-state index in [4.69, 9.17) is 10.9 Å². The number of nitrogen functional groups attached to an aromatic ring is 1. The number of fused-ring (bicyclic) bond motifs is 1. The van der Waals surface area contributed by atoms with Crippen molar-refractivity contribution in [2.45, 2.75) is 15.0 Å². The average molecular weight is 504 g/mol. The number of nitrogens with two attached hydrogens (primary N) is 2. The number of rotatable bonds is 5. The molecule has 0 atom stereocenters. The Bertz CT molecular complexity index is 1710. The van der Waals surface area contributed by atoms with E-state index in [1.165, 1.54) is 18.2 Å². The number of hydrogen-bond donors (Lipinski definition) is 5. The van der Waals surface area contributed by atoms with E-state index in [1.807, 2.05) is 0 Å². The Kier molecular flexibility index (Phi) is 4.97. The molecule has 0 bridgehead atoms. The lowest BCUT2D eigenvalue weighted by Crippen LogP contribution is -2.51. The van der Waals surface area contributed by atoms with Crippen LogP contribution < -0.4 is 21.7 Å². The van der Waals surface area contributed by atoms with Crippen molar-refractivity contribution in [1.82, 2.24) is 35.9 Å². The Labute approximate surface area is 191 Å². The highest BCUT2D eigenvalue weighted by atomic mass is 32.2. The maximum Gasteiger partial charge on any atom is 0.260 e. The van der Waals surface area contributed by atoms with Crippen LogP contribution in [-0.2, 0) is 19.9 Å². The summed E-state index contributed by atoms with van der Waals surface area (Å²) in [6.45, 7) is 0.335. The molecule has 176 valence electrons. The van der Waals surface area contributed by atoms with Crippen molar-refractivity contribution in [3.63, 3.8) is 0 Å². The Balaban J connectivity index is 1.94. The third-order valence-corrected chi connectivity index (χ3v) is 8.80. The van der Waals surface area contributed by atoms with Crippen molar-refractivity contribution in [3.8, 4) is 22.5 Å². The number of H-pyrrole nitrogens is 2. The van der Waals surface area contributed by atoms with Crippen LogP contribution in [0.25, 0.3) is 33.4 Å². The van der Waals surface area contributed by atoms with Gasteiger partial charge in [-0.25, -0.2) is 27.0 Å². The lowest BCUT2D eigenvalue weighted by molar-refractivity contribution is 0.493. The number of sulfone groups is 1. The Hall–Kier alpha value is -3.73. The summed E-state index contributed by atoms with van der Waals surface area (Å²) in [4.78, 5) is 17.9. The van der Waals surface area contributed by atoms with Gasteiger partial charge in [0.15, 0.2) is 9.84 Å². The first-order chi connectivity index (χ1) is 16.1. The molecule has 0 radical (unpaired) electrons. The van der Waals surface area contributed by atoms with Crippen molar-refractivity contribution in [2.24, 2.45) is 5.14 Å². The fraction of sp³-hybridized carbons (Fsp3) is 0.167. The molecule has 5 rings (SSSR count). The number of hydrogen-bond acceptors (Lipinski definition) is 11. The maximum atomic E-state index is 13.3. The van der Waals surface area contributed by atoms with Gasteiger partial charge in [0.05, 0.1) is 26.6 Å². The van der Waals surface area contributed by atoms with Crippen LogP contribution in [0.4, 0.5) is 5.95 Å². The number of sulfonamides is 1. The van der Waals surface area contributed by atoms with Crippen LogP contribution in [0.3, 0.4) is 0 Å². The number of aromatic nitrogens is 6. The molecule has 7 N–H and O–H groups in total. The van der Waals surface area contributed by atoms with Crippen molar-refractivity contribution in [3.05, 3.63) is 40.7 Å². The zero-order valence-electron chi connectivity index (χ0n) is 17.2. The molecule has 0 saturated carbocycles. The zero-order valence-corrected chi connectivity index (χ0v) is 18.8. The van der Waals surface area contributed by atoms with E-state index in [2.05, 4.69) is 35.9 Å². The van der Waals surface area contributed by atoms with Crippen molar-refractivity contribution >= 4 is 36.7 Å². The molecule has 0 spiro atoms. The zero-order chi connectivity index (χ0) is 24.3. The van der Waals surface area contributed by atoms with Gasteiger partial charge in [-0.3, -0.25) is 9.78 Å². The minimum Gasteiger partial charge on any atom is -0.369 e. The van der Waals surface area contributed by atoms with Crippen LogP contribution in [0.2, 0.25) is 0 Å². The monoisotopic (exact) mass is 503 g/mol. The van der Waals surface area contributed by atoms with E-state index in [0.717, 1.165) is 0 Å². The van der Waals surface area contributed by atoms with E-state index in [-0.39, 0.29) is 52.5 Å². The van der Waals surface area contributed by atoms with Crippen LogP contribution in [0.5, 0.6) is 0 Å². The van der Waals surface area contributed by atoms with Gasteiger partial charge in [0.2, 0.25) is 21.8 Å². The molecule has 3 heterocycles. The number of nitrogens with one attached hydrogen (secondary N) is 3. The maximum absolute atomic E-state index is 13.3. The molecular formula is C18H17N9O5S2. The largest absolute Gasteiger partial charge is 0.369 e. The van der Waals surface area contributed by atoms with Crippen LogP contribution in [0.1, 0.15) is 0 Å². The molecule has 0 amide bonds. The first-order valence-electron chi connectivity index (χ1n) is 9.76. The van der Waals surface area contributed by atoms with E-state index < -0.39 is 40.5 Å². The summed E-state index contributed by atoms with van der Waals surface area (Å²) >= 11 is 0. The molecule has 2 aromatic heterocycles. The second-order valence-electron chi connectivity index (χ2n) is 7.57. The van der Waals surface area contributed by atoms with Gasteiger partial charge in [0.1, 0.15) is 4.90 Å². The third kappa shape index (κ3) is 3.43. The highest BCUT2D eigenvalue weighted by molar-refractivity contribution is 7.94. The summed E-state index contributed by atoms with van der Waals surface area (Å²) in [5.74, 6) is -0.368. The summed E-state index contributed by atoms with van der Waals surface area (Å²) in [6, 6.07) is 7.21. The fourth-order valence-corrected chi connectivity index (χ4v) is 7.02. The van der Waals surface area contributed by atoms with Crippen molar-refractivity contribution in [2.75, 3.05) is 18.8 Å². The summed E-state index contributed by atoms with van der Waals surface area (Å²) in [6.07, 6.45) is 0. The summed E-state index contributed by atoms with van der Waals surface area (Å²) in [7, 11) is -8.71. The molecule has 1 aliphatic heterocycles. The molecule has 16 heteroatoms. The molecule has 1 aliphatic rings. The van der Waals surface area contributed by atoms with Crippen molar-refractivity contribution < 1.29 is 16.8 Å². The minimum atomic E-state index is -4.63. The van der Waals surface area contributed by atoms with E-state index >= 15 is 0 Å².